The molecule has 120 valence electrons. The van der Waals surface area contributed by atoms with Crippen molar-refractivity contribution in [1.82, 2.24) is 19.9 Å². The predicted molar refractivity (Wildman–Crippen MR) is 92.4 cm³/mol. The van der Waals surface area contributed by atoms with Gasteiger partial charge in [0.2, 0.25) is 0 Å². The van der Waals surface area contributed by atoms with Gasteiger partial charge in [-0.15, -0.1) is 17.5 Å². The molecule has 0 bridgehead atoms. The van der Waals surface area contributed by atoms with Gasteiger partial charge < -0.3 is 10.2 Å². The van der Waals surface area contributed by atoms with Crippen molar-refractivity contribution in [2.24, 2.45) is 0 Å². The molecule has 1 aliphatic rings. The molecule has 1 aliphatic heterocycles. The third kappa shape index (κ3) is 4.60. The average molecular weight is 342 g/mol. The minimum absolute atomic E-state index is 0. The number of nitrogens with one attached hydrogen (secondary N) is 1. The maximum atomic E-state index is 5.88. The first-order valence-electron chi connectivity index (χ1n) is 7.46. The number of likely N-dealkylation sites (tertiary alicyclic amines) is 1. The van der Waals surface area contributed by atoms with E-state index in [0.29, 0.717) is 0 Å². The molecule has 22 heavy (non-hydrogen) atoms. The maximum absolute atomic E-state index is 5.88. The number of piperidine rings is 1. The summed E-state index contributed by atoms with van der Waals surface area (Å²) >= 11 is 5.88. The molecule has 0 radical (unpaired) electrons. The molecule has 0 saturated carbocycles. The molecule has 2 heterocycles. The molecule has 0 aliphatic carbocycles. The highest BCUT2D eigenvalue weighted by Gasteiger charge is 2.09. The molecule has 1 aromatic carbocycles. The molecule has 1 saturated heterocycles. The molecule has 0 atom stereocenters. The van der Waals surface area contributed by atoms with Crippen LogP contribution in [-0.4, -0.2) is 46.1 Å². The van der Waals surface area contributed by atoms with Gasteiger partial charge in [-0.2, -0.15) is 0 Å². The zero-order valence-corrected chi connectivity index (χ0v) is 14.0. The van der Waals surface area contributed by atoms with Gasteiger partial charge >= 0.3 is 0 Å². The summed E-state index contributed by atoms with van der Waals surface area (Å²) in [6.07, 6.45) is 5.93. The van der Waals surface area contributed by atoms with E-state index in [9.17, 15) is 0 Å². The number of hydrogen-bond acceptors (Lipinski definition) is 4. The van der Waals surface area contributed by atoms with Crippen LogP contribution in [0.25, 0.3) is 5.69 Å². The average Bonchev–Trinajstić information content (AvgIpc) is 2.98. The van der Waals surface area contributed by atoms with Gasteiger partial charge in [-0.25, -0.2) is 4.68 Å². The van der Waals surface area contributed by atoms with E-state index in [1.807, 2.05) is 30.5 Å². The molecule has 0 unspecified atom stereocenters. The molecule has 7 heteroatoms. The highest BCUT2D eigenvalue weighted by atomic mass is 35.5. The molecular weight excluding hydrogens is 321 g/mol. The Labute approximate surface area is 142 Å². The van der Waals surface area contributed by atoms with E-state index in [2.05, 4.69) is 20.5 Å². The van der Waals surface area contributed by atoms with Crippen LogP contribution in [0.1, 0.15) is 19.3 Å². The fraction of sp³-hybridized carbons (Fsp3) is 0.467. The van der Waals surface area contributed by atoms with Gasteiger partial charge in [-0.05, 0) is 50.2 Å². The summed E-state index contributed by atoms with van der Waals surface area (Å²) in [6, 6.07) is 7.55. The Bertz CT molecular complexity index is 564. The quantitative estimate of drug-likeness (QED) is 0.906. The molecule has 1 N–H and O–H groups in total. The van der Waals surface area contributed by atoms with Crippen molar-refractivity contribution < 1.29 is 0 Å². The van der Waals surface area contributed by atoms with Crippen LogP contribution in [0.3, 0.4) is 0 Å². The van der Waals surface area contributed by atoms with Gasteiger partial charge in [0.25, 0.3) is 0 Å². The van der Waals surface area contributed by atoms with E-state index in [1.54, 1.807) is 4.68 Å². The Morgan fingerprint density at radius 3 is 2.55 bits per heavy atom. The van der Waals surface area contributed by atoms with E-state index < -0.39 is 0 Å². The van der Waals surface area contributed by atoms with Gasteiger partial charge in [-0.1, -0.05) is 23.2 Å². The topological polar surface area (TPSA) is 46.0 Å². The number of aromatic nitrogens is 3. The molecule has 5 nitrogen and oxygen atoms in total. The number of rotatable bonds is 5. The molecule has 2 aromatic rings. The Balaban J connectivity index is 0.00000176. The zero-order valence-electron chi connectivity index (χ0n) is 12.4. The Morgan fingerprint density at radius 2 is 1.82 bits per heavy atom. The van der Waals surface area contributed by atoms with Gasteiger partial charge in [-0.3, -0.25) is 0 Å². The second kappa shape index (κ2) is 8.36. The smallest absolute Gasteiger partial charge is 0.169 e. The van der Waals surface area contributed by atoms with E-state index in [-0.39, 0.29) is 12.4 Å². The first-order valence-corrected chi connectivity index (χ1v) is 7.83. The first kappa shape index (κ1) is 17.1. The second-order valence-electron chi connectivity index (χ2n) is 5.35. The van der Waals surface area contributed by atoms with Crippen LogP contribution in [0.5, 0.6) is 0 Å². The number of nitrogens with zero attached hydrogens (tertiary/aromatic N) is 4. The van der Waals surface area contributed by atoms with Crippen molar-refractivity contribution in [1.29, 1.82) is 0 Å². The van der Waals surface area contributed by atoms with Crippen molar-refractivity contribution >= 4 is 29.8 Å². The van der Waals surface area contributed by atoms with E-state index in [1.165, 1.54) is 32.4 Å². The van der Waals surface area contributed by atoms with Crippen LogP contribution >= 0.6 is 24.0 Å². The van der Waals surface area contributed by atoms with E-state index in [0.717, 1.165) is 29.6 Å². The predicted octanol–water partition coefficient (Wildman–Crippen LogP) is 3.24. The van der Waals surface area contributed by atoms with E-state index >= 15 is 0 Å². The lowest BCUT2D eigenvalue weighted by Crippen LogP contribution is -2.33. The van der Waals surface area contributed by atoms with Gasteiger partial charge in [0.15, 0.2) is 5.82 Å². The fourth-order valence-electron chi connectivity index (χ4n) is 2.59. The largest absolute Gasteiger partial charge is 0.366 e. The lowest BCUT2D eigenvalue weighted by atomic mass is 10.1. The lowest BCUT2D eigenvalue weighted by Gasteiger charge is -2.26. The molecule has 1 aromatic heterocycles. The summed E-state index contributed by atoms with van der Waals surface area (Å²) in [5.41, 5.74) is 0.955. The fourth-order valence-corrected chi connectivity index (χ4v) is 2.72. The zero-order chi connectivity index (χ0) is 14.5. The minimum Gasteiger partial charge on any atom is -0.366 e. The van der Waals surface area contributed by atoms with Gasteiger partial charge in [0, 0.05) is 18.1 Å². The standard InChI is InChI=1S/C15H20ClN5.ClH/c16-13-4-6-14(7-5-13)21-12-15(18-19-21)17-8-11-20-9-2-1-3-10-20;/h4-7,12,17H,1-3,8-11H2;1H. The van der Waals surface area contributed by atoms with Crippen molar-refractivity contribution in [3.05, 3.63) is 35.5 Å². The van der Waals surface area contributed by atoms with Crippen molar-refractivity contribution in [3.63, 3.8) is 0 Å². The number of benzene rings is 1. The molecule has 0 amide bonds. The van der Waals surface area contributed by atoms with Crippen LogP contribution in [0, 0.1) is 0 Å². The summed E-state index contributed by atoms with van der Waals surface area (Å²) in [4.78, 5) is 2.50. The molecule has 3 rings (SSSR count). The summed E-state index contributed by atoms with van der Waals surface area (Å²) in [7, 11) is 0. The molecular formula is C15H21Cl2N5. The van der Waals surface area contributed by atoms with Gasteiger partial charge in [0.1, 0.15) is 0 Å². The number of hydrogen-bond donors (Lipinski definition) is 1. The maximum Gasteiger partial charge on any atom is 0.169 e. The molecule has 1 fully saturated rings. The highest BCUT2D eigenvalue weighted by molar-refractivity contribution is 6.30. The van der Waals surface area contributed by atoms with Crippen LogP contribution in [0.2, 0.25) is 5.02 Å². The van der Waals surface area contributed by atoms with Gasteiger partial charge in [0.05, 0.1) is 11.9 Å². The first-order chi connectivity index (χ1) is 10.3. The highest BCUT2D eigenvalue weighted by Crippen LogP contribution is 2.14. The molecule has 0 spiro atoms. The normalized spacial score (nSPS) is 15.3. The van der Waals surface area contributed by atoms with Crippen molar-refractivity contribution in [2.45, 2.75) is 19.3 Å². The number of halogens is 2. The monoisotopic (exact) mass is 341 g/mol. The summed E-state index contributed by atoms with van der Waals surface area (Å²) in [6.45, 7) is 4.41. The van der Waals surface area contributed by atoms with Crippen LogP contribution in [-0.2, 0) is 0 Å². The SMILES string of the molecule is Cl.Clc1ccc(-n2cc(NCCN3CCCCC3)nn2)cc1. The Morgan fingerprint density at radius 1 is 1.09 bits per heavy atom. The van der Waals surface area contributed by atoms with Crippen LogP contribution in [0.4, 0.5) is 5.82 Å². The van der Waals surface area contributed by atoms with Crippen molar-refractivity contribution in [3.8, 4) is 5.69 Å². The summed E-state index contributed by atoms with van der Waals surface area (Å²) in [5, 5.41) is 12.3. The summed E-state index contributed by atoms with van der Waals surface area (Å²) in [5.74, 6) is 0.807. The van der Waals surface area contributed by atoms with Crippen LogP contribution in [0.15, 0.2) is 30.5 Å². The number of anilines is 1. The van der Waals surface area contributed by atoms with Crippen LogP contribution < -0.4 is 5.32 Å². The van der Waals surface area contributed by atoms with E-state index in [4.69, 9.17) is 11.6 Å². The summed E-state index contributed by atoms with van der Waals surface area (Å²) < 4.78 is 1.75. The third-order valence-electron chi connectivity index (χ3n) is 3.77. The van der Waals surface area contributed by atoms with Crippen molar-refractivity contribution in [2.75, 3.05) is 31.5 Å². The minimum atomic E-state index is 0. The third-order valence-corrected chi connectivity index (χ3v) is 4.02. The lowest BCUT2D eigenvalue weighted by molar-refractivity contribution is 0.237. The Kier molecular flexibility index (Phi) is 6.49. The second-order valence-corrected chi connectivity index (χ2v) is 5.79. The Hall–Kier alpha value is -1.30.